The number of amides is 1. The Morgan fingerprint density at radius 3 is 2.79 bits per heavy atom. The van der Waals surface area contributed by atoms with Crippen molar-refractivity contribution in [2.24, 2.45) is 5.92 Å². The highest BCUT2D eigenvalue weighted by molar-refractivity contribution is 5.84. The summed E-state index contributed by atoms with van der Waals surface area (Å²) in [5.74, 6) is 1.01. The predicted octanol–water partition coefficient (Wildman–Crippen LogP) is 2.61. The molecule has 1 heterocycles. The van der Waals surface area contributed by atoms with Gasteiger partial charge in [0.1, 0.15) is 6.17 Å². The molecule has 1 saturated heterocycles. The lowest BCUT2D eigenvalue weighted by atomic mass is 10.1. The minimum Gasteiger partial charge on any atom is -0.321 e. The van der Waals surface area contributed by atoms with Gasteiger partial charge in [-0.05, 0) is 37.7 Å². The Morgan fingerprint density at radius 1 is 1.37 bits per heavy atom. The van der Waals surface area contributed by atoms with Gasteiger partial charge in [0, 0.05) is 6.54 Å². The molecular weight excluding hydrogens is 236 g/mol. The number of nitrogens with zero attached hydrogens (tertiary/aromatic N) is 1. The van der Waals surface area contributed by atoms with Gasteiger partial charge in [-0.25, -0.2) is 0 Å². The van der Waals surface area contributed by atoms with Crippen molar-refractivity contribution < 1.29 is 4.79 Å². The molecule has 1 N–H and O–H groups in total. The second kappa shape index (κ2) is 4.97. The molecule has 3 heteroatoms. The Labute approximate surface area is 115 Å². The molecule has 19 heavy (non-hydrogen) atoms. The van der Waals surface area contributed by atoms with E-state index < -0.39 is 0 Å². The number of aryl methyl sites for hydroxylation is 1. The van der Waals surface area contributed by atoms with Crippen molar-refractivity contribution in [3.05, 3.63) is 35.4 Å². The molecule has 0 bridgehead atoms. The summed E-state index contributed by atoms with van der Waals surface area (Å²) in [7, 11) is 0. The number of hydrogen-bond donors (Lipinski definition) is 1. The van der Waals surface area contributed by atoms with Crippen LogP contribution in [0, 0.1) is 12.8 Å². The molecule has 2 unspecified atom stereocenters. The maximum absolute atomic E-state index is 12.4. The molecule has 1 aromatic carbocycles. The normalized spacial score (nSPS) is 27.1. The van der Waals surface area contributed by atoms with Crippen LogP contribution in [0.2, 0.25) is 0 Å². The molecule has 0 spiro atoms. The number of rotatable bonds is 4. The smallest absolute Gasteiger partial charge is 0.241 e. The maximum Gasteiger partial charge on any atom is 0.241 e. The number of carbonyl (C=O) groups is 1. The van der Waals surface area contributed by atoms with E-state index in [1.165, 1.54) is 24.0 Å². The molecule has 0 radical (unpaired) electrons. The second-order valence-corrected chi connectivity index (χ2v) is 5.88. The first-order chi connectivity index (χ1) is 9.19. The van der Waals surface area contributed by atoms with Crippen LogP contribution in [-0.2, 0) is 4.79 Å². The van der Waals surface area contributed by atoms with Crippen molar-refractivity contribution in [2.45, 2.75) is 45.3 Å². The highest BCUT2D eigenvalue weighted by Crippen LogP contribution is 2.35. The van der Waals surface area contributed by atoms with E-state index in [-0.39, 0.29) is 18.1 Å². The van der Waals surface area contributed by atoms with Gasteiger partial charge in [0.2, 0.25) is 5.91 Å². The summed E-state index contributed by atoms with van der Waals surface area (Å²) in [6.07, 6.45) is 3.49. The van der Waals surface area contributed by atoms with Gasteiger partial charge in [-0.3, -0.25) is 10.1 Å². The summed E-state index contributed by atoms with van der Waals surface area (Å²) in [6, 6.07) is 8.47. The minimum absolute atomic E-state index is 0.00994. The fourth-order valence-corrected chi connectivity index (χ4v) is 2.86. The quantitative estimate of drug-likeness (QED) is 0.900. The summed E-state index contributed by atoms with van der Waals surface area (Å²) in [6.45, 7) is 5.09. The van der Waals surface area contributed by atoms with Gasteiger partial charge in [0.15, 0.2) is 0 Å². The molecule has 1 aliphatic carbocycles. The average molecular weight is 258 g/mol. The monoisotopic (exact) mass is 258 g/mol. The molecule has 1 aromatic rings. The van der Waals surface area contributed by atoms with Gasteiger partial charge >= 0.3 is 0 Å². The lowest BCUT2D eigenvalue weighted by molar-refractivity contribution is -0.130. The van der Waals surface area contributed by atoms with E-state index >= 15 is 0 Å². The fraction of sp³-hybridized carbons (Fsp3) is 0.562. The number of nitrogens with one attached hydrogen (secondary N) is 1. The summed E-state index contributed by atoms with van der Waals surface area (Å²) in [5, 5.41) is 3.49. The zero-order valence-corrected chi connectivity index (χ0v) is 11.7. The Morgan fingerprint density at radius 2 is 2.16 bits per heavy atom. The van der Waals surface area contributed by atoms with Crippen molar-refractivity contribution in [1.82, 2.24) is 10.2 Å². The Balaban J connectivity index is 1.86. The van der Waals surface area contributed by atoms with E-state index in [9.17, 15) is 4.79 Å². The fourth-order valence-electron chi connectivity index (χ4n) is 2.86. The molecule has 1 saturated carbocycles. The molecular formula is C16H22N2O. The maximum atomic E-state index is 12.4. The first-order valence-corrected chi connectivity index (χ1v) is 7.32. The van der Waals surface area contributed by atoms with Crippen molar-refractivity contribution in [1.29, 1.82) is 0 Å². The van der Waals surface area contributed by atoms with Crippen molar-refractivity contribution in [2.75, 3.05) is 6.54 Å². The first-order valence-electron chi connectivity index (χ1n) is 7.32. The molecule has 102 valence electrons. The molecule has 0 aromatic heterocycles. The largest absolute Gasteiger partial charge is 0.321 e. The highest BCUT2D eigenvalue weighted by atomic mass is 16.2. The van der Waals surface area contributed by atoms with E-state index in [0.717, 1.165) is 18.9 Å². The molecule has 1 aliphatic heterocycles. The topological polar surface area (TPSA) is 32.3 Å². The third-order valence-corrected chi connectivity index (χ3v) is 4.17. The van der Waals surface area contributed by atoms with Crippen LogP contribution < -0.4 is 5.32 Å². The standard InChI is InChI=1S/C16H22N2O/c1-3-14-16(19)18(10-12-7-8-12)15(17-14)13-6-4-5-11(2)9-13/h4-6,9,12,14-15,17H,3,7-8,10H2,1-2H3. The summed E-state index contributed by atoms with van der Waals surface area (Å²) in [4.78, 5) is 14.5. The zero-order valence-electron chi connectivity index (χ0n) is 11.7. The lowest BCUT2D eigenvalue weighted by Crippen LogP contribution is -2.32. The zero-order chi connectivity index (χ0) is 13.4. The molecule has 3 nitrogen and oxygen atoms in total. The van der Waals surface area contributed by atoms with Crippen LogP contribution in [0.5, 0.6) is 0 Å². The molecule has 3 rings (SSSR count). The van der Waals surface area contributed by atoms with E-state index in [1.54, 1.807) is 0 Å². The van der Waals surface area contributed by atoms with Crippen molar-refractivity contribution in [3.8, 4) is 0 Å². The molecule has 1 amide bonds. The number of hydrogen-bond acceptors (Lipinski definition) is 2. The van der Waals surface area contributed by atoms with Crippen LogP contribution in [0.1, 0.15) is 43.5 Å². The second-order valence-electron chi connectivity index (χ2n) is 5.88. The molecule has 2 atom stereocenters. The van der Waals surface area contributed by atoms with Gasteiger partial charge < -0.3 is 4.90 Å². The van der Waals surface area contributed by atoms with E-state index in [4.69, 9.17) is 0 Å². The Hall–Kier alpha value is -1.35. The Bertz CT molecular complexity index is 481. The average Bonchev–Trinajstić information content (AvgIpc) is 3.16. The minimum atomic E-state index is -0.00994. The summed E-state index contributed by atoms with van der Waals surface area (Å²) >= 11 is 0. The highest BCUT2D eigenvalue weighted by Gasteiger charge is 2.40. The van der Waals surface area contributed by atoms with Gasteiger partial charge in [0.05, 0.1) is 6.04 Å². The van der Waals surface area contributed by atoms with E-state index in [1.807, 2.05) is 0 Å². The Kier molecular flexibility index (Phi) is 3.31. The van der Waals surface area contributed by atoms with Gasteiger partial charge in [-0.2, -0.15) is 0 Å². The summed E-state index contributed by atoms with van der Waals surface area (Å²) < 4.78 is 0. The van der Waals surface area contributed by atoms with Crippen LogP contribution >= 0.6 is 0 Å². The lowest BCUT2D eigenvalue weighted by Gasteiger charge is -2.24. The van der Waals surface area contributed by atoms with Crippen LogP contribution in [0.4, 0.5) is 0 Å². The SMILES string of the molecule is CCC1NC(c2cccc(C)c2)N(CC2CC2)C1=O. The van der Waals surface area contributed by atoms with Crippen LogP contribution in [0.3, 0.4) is 0 Å². The van der Waals surface area contributed by atoms with E-state index in [2.05, 4.69) is 48.3 Å². The molecule has 2 fully saturated rings. The van der Waals surface area contributed by atoms with E-state index in [0.29, 0.717) is 0 Å². The number of benzene rings is 1. The van der Waals surface area contributed by atoms with Crippen LogP contribution in [0.15, 0.2) is 24.3 Å². The van der Waals surface area contributed by atoms with Gasteiger partial charge in [-0.1, -0.05) is 36.8 Å². The van der Waals surface area contributed by atoms with Gasteiger partial charge in [-0.15, -0.1) is 0 Å². The van der Waals surface area contributed by atoms with Crippen molar-refractivity contribution in [3.63, 3.8) is 0 Å². The van der Waals surface area contributed by atoms with Crippen LogP contribution in [-0.4, -0.2) is 23.4 Å². The van der Waals surface area contributed by atoms with Crippen LogP contribution in [0.25, 0.3) is 0 Å². The predicted molar refractivity (Wildman–Crippen MR) is 75.6 cm³/mol. The number of carbonyl (C=O) groups excluding carboxylic acids is 1. The first kappa shape index (κ1) is 12.7. The van der Waals surface area contributed by atoms with Gasteiger partial charge in [0.25, 0.3) is 0 Å². The summed E-state index contributed by atoms with van der Waals surface area (Å²) in [5.41, 5.74) is 2.46. The third-order valence-electron chi connectivity index (χ3n) is 4.17. The molecule has 2 aliphatic rings. The van der Waals surface area contributed by atoms with Crippen molar-refractivity contribution >= 4 is 5.91 Å². The third kappa shape index (κ3) is 2.52.